The lowest BCUT2D eigenvalue weighted by atomic mass is 10.1. The number of benzene rings is 1. The summed E-state index contributed by atoms with van der Waals surface area (Å²) in [7, 11) is 0. The molecule has 0 spiro atoms. The molecule has 70 valence electrons. The molecule has 0 saturated carbocycles. The Balaban J connectivity index is 2.66. The van der Waals surface area contributed by atoms with E-state index < -0.39 is 5.82 Å². The Labute approximate surface area is 76.0 Å². The van der Waals surface area contributed by atoms with Gasteiger partial charge in [0.05, 0.1) is 0 Å². The normalized spacial score (nSPS) is 10.0. The van der Waals surface area contributed by atoms with Crippen LogP contribution in [-0.2, 0) is 0 Å². The summed E-state index contributed by atoms with van der Waals surface area (Å²) in [6, 6.07) is 5.58. The maximum absolute atomic E-state index is 12.6. The van der Waals surface area contributed by atoms with Gasteiger partial charge in [-0.25, -0.2) is 4.39 Å². The topological polar surface area (TPSA) is 37.3 Å². The number of ketones is 1. The first-order valence-corrected chi connectivity index (χ1v) is 4.13. The molecule has 1 N–H and O–H groups in total. The summed E-state index contributed by atoms with van der Waals surface area (Å²) in [6.45, 7) is -0.0128. The third-order valence-corrected chi connectivity index (χ3v) is 1.71. The Bertz CT molecular complexity index is 297. The van der Waals surface area contributed by atoms with Crippen molar-refractivity contribution in [3.8, 4) is 0 Å². The van der Waals surface area contributed by atoms with Gasteiger partial charge in [0, 0.05) is 18.6 Å². The Morgan fingerprint density at radius 1 is 1.46 bits per heavy atom. The second-order valence-corrected chi connectivity index (χ2v) is 2.76. The standard InChI is InChI=1S/C10H11FO2/c11-9-4-1-3-8(7-9)10(13)5-2-6-12/h1,3-4,7,12H,2,5-6H2. The molecule has 2 nitrogen and oxygen atoms in total. The molecule has 3 heteroatoms. The predicted octanol–water partition coefficient (Wildman–Crippen LogP) is 1.78. The molecule has 0 aliphatic heterocycles. The maximum atomic E-state index is 12.6. The van der Waals surface area contributed by atoms with Gasteiger partial charge in [-0.1, -0.05) is 12.1 Å². The van der Waals surface area contributed by atoms with Crippen molar-refractivity contribution in [1.82, 2.24) is 0 Å². The van der Waals surface area contributed by atoms with Crippen LogP contribution in [-0.4, -0.2) is 17.5 Å². The molecule has 0 unspecified atom stereocenters. The number of hydrogen-bond donors (Lipinski definition) is 1. The van der Waals surface area contributed by atoms with Gasteiger partial charge in [-0.3, -0.25) is 4.79 Å². The lowest BCUT2D eigenvalue weighted by molar-refractivity contribution is 0.0971. The van der Waals surface area contributed by atoms with Gasteiger partial charge >= 0.3 is 0 Å². The van der Waals surface area contributed by atoms with Gasteiger partial charge in [0.25, 0.3) is 0 Å². The van der Waals surface area contributed by atoms with E-state index in [0.29, 0.717) is 12.0 Å². The van der Waals surface area contributed by atoms with E-state index in [1.807, 2.05) is 0 Å². The Morgan fingerprint density at radius 2 is 2.23 bits per heavy atom. The fourth-order valence-corrected chi connectivity index (χ4v) is 1.05. The zero-order valence-corrected chi connectivity index (χ0v) is 7.16. The summed E-state index contributed by atoms with van der Waals surface area (Å²) in [6.07, 6.45) is 0.690. The summed E-state index contributed by atoms with van der Waals surface area (Å²) in [5, 5.41) is 8.49. The largest absolute Gasteiger partial charge is 0.396 e. The summed E-state index contributed by atoms with van der Waals surface area (Å²) in [5.41, 5.74) is 0.369. The van der Waals surface area contributed by atoms with Gasteiger partial charge < -0.3 is 5.11 Å². The zero-order chi connectivity index (χ0) is 9.68. The van der Waals surface area contributed by atoms with Crippen molar-refractivity contribution in [2.45, 2.75) is 12.8 Å². The van der Waals surface area contributed by atoms with Gasteiger partial charge in [0.15, 0.2) is 5.78 Å². The second-order valence-electron chi connectivity index (χ2n) is 2.76. The SMILES string of the molecule is O=C(CCCO)c1cccc(F)c1. The number of Topliss-reactive ketones (excluding diaryl/α,β-unsaturated/α-hetero) is 1. The molecule has 0 heterocycles. The smallest absolute Gasteiger partial charge is 0.163 e. The minimum Gasteiger partial charge on any atom is -0.396 e. The van der Waals surface area contributed by atoms with Crippen LogP contribution >= 0.6 is 0 Å². The van der Waals surface area contributed by atoms with E-state index in [-0.39, 0.29) is 18.8 Å². The van der Waals surface area contributed by atoms with E-state index in [1.165, 1.54) is 18.2 Å². The minimum absolute atomic E-state index is 0.0128. The molecular weight excluding hydrogens is 171 g/mol. The fourth-order valence-electron chi connectivity index (χ4n) is 1.05. The second kappa shape index (κ2) is 4.72. The number of carbonyl (C=O) groups excluding carboxylic acids is 1. The molecule has 0 radical (unpaired) electrons. The molecule has 1 rings (SSSR count). The molecule has 1 aromatic carbocycles. The van der Waals surface area contributed by atoms with Gasteiger partial charge in [-0.15, -0.1) is 0 Å². The number of halogens is 1. The van der Waals surface area contributed by atoms with E-state index in [2.05, 4.69) is 0 Å². The van der Waals surface area contributed by atoms with E-state index in [9.17, 15) is 9.18 Å². The number of hydrogen-bond acceptors (Lipinski definition) is 2. The van der Waals surface area contributed by atoms with Crippen LogP contribution in [0.25, 0.3) is 0 Å². The third kappa shape index (κ3) is 2.95. The lowest BCUT2D eigenvalue weighted by Crippen LogP contribution is -2.00. The molecule has 0 atom stereocenters. The van der Waals surface area contributed by atoms with E-state index in [0.717, 1.165) is 0 Å². The minimum atomic E-state index is -0.408. The molecule has 0 saturated heterocycles. The molecule has 0 aromatic heterocycles. The molecule has 0 aliphatic carbocycles. The molecule has 0 aliphatic rings. The van der Waals surface area contributed by atoms with Crippen molar-refractivity contribution in [1.29, 1.82) is 0 Å². The molecule has 0 amide bonds. The summed E-state index contributed by atoms with van der Waals surface area (Å²) in [4.78, 5) is 11.3. The summed E-state index contributed by atoms with van der Waals surface area (Å²) in [5.74, 6) is -0.539. The maximum Gasteiger partial charge on any atom is 0.163 e. The Hall–Kier alpha value is -1.22. The fraction of sp³-hybridized carbons (Fsp3) is 0.300. The molecule has 0 fully saturated rings. The van der Waals surface area contributed by atoms with Crippen molar-refractivity contribution in [2.75, 3.05) is 6.61 Å². The zero-order valence-electron chi connectivity index (χ0n) is 7.16. The monoisotopic (exact) mass is 182 g/mol. The van der Waals surface area contributed by atoms with Crippen molar-refractivity contribution < 1.29 is 14.3 Å². The Morgan fingerprint density at radius 3 is 2.85 bits per heavy atom. The average molecular weight is 182 g/mol. The predicted molar refractivity (Wildman–Crippen MR) is 47.1 cm³/mol. The molecule has 0 bridgehead atoms. The highest BCUT2D eigenvalue weighted by molar-refractivity contribution is 5.95. The number of carbonyl (C=O) groups is 1. The van der Waals surface area contributed by atoms with Crippen molar-refractivity contribution in [3.63, 3.8) is 0 Å². The number of rotatable bonds is 4. The van der Waals surface area contributed by atoms with Crippen molar-refractivity contribution >= 4 is 5.78 Å². The van der Waals surface area contributed by atoms with Gasteiger partial charge in [-0.2, -0.15) is 0 Å². The van der Waals surface area contributed by atoms with Crippen LogP contribution in [0.2, 0.25) is 0 Å². The van der Waals surface area contributed by atoms with Crippen LogP contribution in [0.5, 0.6) is 0 Å². The molecular formula is C10H11FO2. The van der Waals surface area contributed by atoms with E-state index in [1.54, 1.807) is 6.07 Å². The van der Waals surface area contributed by atoms with Crippen LogP contribution in [0.4, 0.5) is 4.39 Å². The van der Waals surface area contributed by atoms with Crippen LogP contribution in [0.15, 0.2) is 24.3 Å². The van der Waals surface area contributed by atoms with Crippen LogP contribution in [0.3, 0.4) is 0 Å². The van der Waals surface area contributed by atoms with Crippen molar-refractivity contribution in [2.24, 2.45) is 0 Å². The highest BCUT2D eigenvalue weighted by Gasteiger charge is 2.05. The molecule has 1 aromatic rings. The lowest BCUT2D eigenvalue weighted by Gasteiger charge is -1.98. The van der Waals surface area contributed by atoms with Crippen molar-refractivity contribution in [3.05, 3.63) is 35.6 Å². The third-order valence-electron chi connectivity index (χ3n) is 1.71. The van der Waals surface area contributed by atoms with Gasteiger partial charge in [0.2, 0.25) is 0 Å². The van der Waals surface area contributed by atoms with Gasteiger partial charge in [-0.05, 0) is 18.6 Å². The highest BCUT2D eigenvalue weighted by Crippen LogP contribution is 2.07. The average Bonchev–Trinajstić information content (AvgIpc) is 2.14. The first kappa shape index (κ1) is 9.86. The van der Waals surface area contributed by atoms with E-state index >= 15 is 0 Å². The quantitative estimate of drug-likeness (QED) is 0.720. The highest BCUT2D eigenvalue weighted by atomic mass is 19.1. The van der Waals surface area contributed by atoms with E-state index in [4.69, 9.17) is 5.11 Å². The molecule has 13 heavy (non-hydrogen) atoms. The van der Waals surface area contributed by atoms with Gasteiger partial charge in [0.1, 0.15) is 5.82 Å². The number of aliphatic hydroxyl groups excluding tert-OH is 1. The number of aliphatic hydroxyl groups is 1. The Kier molecular flexibility index (Phi) is 3.58. The van der Waals surface area contributed by atoms with Crippen LogP contribution < -0.4 is 0 Å². The van der Waals surface area contributed by atoms with Crippen LogP contribution in [0.1, 0.15) is 23.2 Å². The first-order chi connectivity index (χ1) is 6.24. The first-order valence-electron chi connectivity index (χ1n) is 4.13. The summed E-state index contributed by atoms with van der Waals surface area (Å²) < 4.78 is 12.6. The summed E-state index contributed by atoms with van der Waals surface area (Å²) >= 11 is 0. The van der Waals surface area contributed by atoms with Crippen LogP contribution in [0, 0.1) is 5.82 Å².